The van der Waals surface area contributed by atoms with Gasteiger partial charge in [0.2, 0.25) is 15.9 Å². The Bertz CT molecular complexity index is 1530. The lowest BCUT2D eigenvalue weighted by molar-refractivity contribution is -0.198. The summed E-state index contributed by atoms with van der Waals surface area (Å²) in [6.07, 6.45) is 4.94. The summed E-state index contributed by atoms with van der Waals surface area (Å²) in [6.45, 7) is 2.32. The second-order valence-electron chi connectivity index (χ2n) is 10.9. The molecule has 0 saturated carbocycles. The smallest absolute Gasteiger partial charge is 0.243 e. The SMILES string of the molecule is COCCOCC12CN(S(=O)(=O)c3ccc4cc(Cl)ccc4c3)CC(=O)N1CC1(CCN(c3ccncc3)CC1)O2. The zero-order valence-corrected chi connectivity index (χ0v) is 24.4. The van der Waals surface area contributed by atoms with Crippen molar-refractivity contribution in [1.29, 1.82) is 0 Å². The topological polar surface area (TPSA) is 102 Å². The van der Waals surface area contributed by atoms with Crippen LogP contribution in [0.5, 0.6) is 0 Å². The third-order valence-electron chi connectivity index (χ3n) is 8.25. The fourth-order valence-electron chi connectivity index (χ4n) is 6.11. The summed E-state index contributed by atoms with van der Waals surface area (Å²) in [7, 11) is -2.43. The van der Waals surface area contributed by atoms with E-state index < -0.39 is 21.3 Å². The van der Waals surface area contributed by atoms with Gasteiger partial charge in [-0.3, -0.25) is 9.78 Å². The fourth-order valence-corrected chi connectivity index (χ4v) is 7.76. The predicted molar refractivity (Wildman–Crippen MR) is 154 cm³/mol. The van der Waals surface area contributed by atoms with Crippen LogP contribution in [0, 0.1) is 0 Å². The molecule has 1 spiro atoms. The Morgan fingerprint density at radius 2 is 1.73 bits per heavy atom. The monoisotopic (exact) mass is 600 g/mol. The van der Waals surface area contributed by atoms with E-state index in [1.165, 1.54) is 4.31 Å². The van der Waals surface area contributed by atoms with Crippen molar-refractivity contribution in [2.75, 3.05) is 64.6 Å². The first-order chi connectivity index (χ1) is 19.7. The van der Waals surface area contributed by atoms with Crippen molar-refractivity contribution in [3.8, 4) is 0 Å². The zero-order valence-electron chi connectivity index (χ0n) is 22.9. The molecule has 0 N–H and O–H groups in total. The quantitative estimate of drug-likeness (QED) is 0.364. The van der Waals surface area contributed by atoms with E-state index >= 15 is 0 Å². The normalized spacial score (nSPS) is 22.9. The molecule has 41 heavy (non-hydrogen) atoms. The number of hydrogen-bond acceptors (Lipinski definition) is 8. The van der Waals surface area contributed by atoms with Gasteiger partial charge in [0.15, 0.2) is 5.72 Å². The van der Waals surface area contributed by atoms with Gasteiger partial charge in [-0.2, -0.15) is 4.31 Å². The molecule has 2 aromatic carbocycles. The number of amides is 1. The van der Waals surface area contributed by atoms with Crippen LogP contribution >= 0.6 is 11.6 Å². The van der Waals surface area contributed by atoms with Crippen molar-refractivity contribution in [2.45, 2.75) is 29.1 Å². The van der Waals surface area contributed by atoms with Gasteiger partial charge >= 0.3 is 0 Å². The Labute approximate surface area is 244 Å². The summed E-state index contributed by atoms with van der Waals surface area (Å²) < 4.78 is 47.0. The van der Waals surface area contributed by atoms with Gasteiger partial charge in [0.05, 0.1) is 50.0 Å². The minimum Gasteiger partial charge on any atom is -0.382 e. The summed E-state index contributed by atoms with van der Waals surface area (Å²) in [5, 5.41) is 2.15. The Hall–Kier alpha value is -2.80. The number of pyridine rings is 1. The lowest BCUT2D eigenvalue weighted by atomic mass is 9.91. The molecule has 3 aliphatic heterocycles. The number of piperazine rings is 1. The first-order valence-corrected chi connectivity index (χ1v) is 15.5. The number of carbonyl (C=O) groups excluding carboxylic acids is 1. The third kappa shape index (κ3) is 5.42. The van der Waals surface area contributed by atoms with Gasteiger partial charge in [-0.05, 0) is 60.0 Å². The number of sulfonamides is 1. The van der Waals surface area contributed by atoms with Gasteiger partial charge in [-0.15, -0.1) is 0 Å². The van der Waals surface area contributed by atoms with E-state index in [0.717, 1.165) is 29.5 Å². The van der Waals surface area contributed by atoms with Crippen LogP contribution in [0.4, 0.5) is 5.69 Å². The number of nitrogens with zero attached hydrogens (tertiary/aromatic N) is 4. The number of fused-ring (bicyclic) bond motifs is 2. The molecule has 3 saturated heterocycles. The van der Waals surface area contributed by atoms with Crippen molar-refractivity contribution in [3.63, 3.8) is 0 Å². The lowest BCUT2D eigenvalue weighted by Crippen LogP contribution is -2.65. The van der Waals surface area contributed by atoms with Crippen molar-refractivity contribution in [3.05, 3.63) is 65.9 Å². The highest BCUT2D eigenvalue weighted by molar-refractivity contribution is 7.89. The van der Waals surface area contributed by atoms with Crippen molar-refractivity contribution >= 4 is 44.0 Å². The highest BCUT2D eigenvalue weighted by Crippen LogP contribution is 2.44. The van der Waals surface area contributed by atoms with Crippen LogP contribution in [0.2, 0.25) is 5.02 Å². The summed E-state index contributed by atoms with van der Waals surface area (Å²) in [5.74, 6) is -0.295. The fraction of sp³-hybridized carbons (Fsp3) is 0.448. The largest absolute Gasteiger partial charge is 0.382 e. The van der Waals surface area contributed by atoms with Gasteiger partial charge in [0.25, 0.3) is 0 Å². The van der Waals surface area contributed by atoms with E-state index in [1.807, 2.05) is 12.1 Å². The Morgan fingerprint density at radius 1 is 1.00 bits per heavy atom. The summed E-state index contributed by atoms with van der Waals surface area (Å²) in [6, 6.07) is 14.2. The molecular formula is C29H33ClN4O6S. The standard InChI is InChI=1S/C29H33ClN4O6S/c1-38-14-15-39-21-29-20-33(41(36,37)26-5-3-22-16-24(30)4-2-23(22)17-26)18-27(35)34(29)19-28(40-29)8-12-32(13-9-28)25-6-10-31-11-7-25/h2-7,10-11,16-17H,8-9,12-15,18-21H2,1H3. The molecule has 1 atom stereocenters. The van der Waals surface area contributed by atoms with E-state index in [1.54, 1.807) is 60.8 Å². The van der Waals surface area contributed by atoms with Gasteiger partial charge in [-0.25, -0.2) is 8.42 Å². The Balaban J connectivity index is 1.27. The molecule has 3 aromatic rings. The van der Waals surface area contributed by atoms with Crippen molar-refractivity contribution < 1.29 is 27.4 Å². The summed E-state index contributed by atoms with van der Waals surface area (Å²) >= 11 is 6.11. The Kier molecular flexibility index (Phi) is 7.68. The van der Waals surface area contributed by atoms with Crippen molar-refractivity contribution in [2.24, 2.45) is 0 Å². The highest BCUT2D eigenvalue weighted by atomic mass is 35.5. The number of aromatic nitrogens is 1. The van der Waals surface area contributed by atoms with Gasteiger partial charge in [-0.1, -0.05) is 23.7 Å². The molecule has 218 valence electrons. The molecular weight excluding hydrogens is 568 g/mol. The highest BCUT2D eigenvalue weighted by Gasteiger charge is 2.61. The Morgan fingerprint density at radius 3 is 2.49 bits per heavy atom. The molecule has 6 rings (SSSR count). The molecule has 12 heteroatoms. The number of benzene rings is 2. The maximum atomic E-state index is 13.9. The predicted octanol–water partition coefficient (Wildman–Crippen LogP) is 3.15. The zero-order chi connectivity index (χ0) is 28.7. The third-order valence-corrected chi connectivity index (χ3v) is 10.3. The molecule has 3 aliphatic rings. The van der Waals surface area contributed by atoms with Crippen LogP contribution < -0.4 is 4.90 Å². The molecule has 1 amide bonds. The average molecular weight is 601 g/mol. The van der Waals surface area contributed by atoms with E-state index in [9.17, 15) is 13.2 Å². The van der Waals surface area contributed by atoms with Crippen LogP contribution in [0.25, 0.3) is 10.8 Å². The number of ether oxygens (including phenoxy) is 3. The lowest BCUT2D eigenvalue weighted by Gasteiger charge is -2.45. The number of halogens is 1. The summed E-state index contributed by atoms with van der Waals surface area (Å²) in [4.78, 5) is 21.9. The summed E-state index contributed by atoms with van der Waals surface area (Å²) in [5.41, 5.74) is -0.736. The number of methoxy groups -OCH3 is 1. The van der Waals surface area contributed by atoms with Crippen LogP contribution in [0.3, 0.4) is 0 Å². The maximum Gasteiger partial charge on any atom is 0.243 e. The second-order valence-corrected chi connectivity index (χ2v) is 13.2. The molecule has 1 unspecified atom stereocenters. The van der Waals surface area contributed by atoms with Gasteiger partial charge in [0.1, 0.15) is 0 Å². The van der Waals surface area contributed by atoms with E-state index in [0.29, 0.717) is 37.6 Å². The number of anilines is 1. The van der Waals surface area contributed by atoms with E-state index in [4.69, 9.17) is 25.8 Å². The first kappa shape index (κ1) is 28.3. The molecule has 3 fully saturated rings. The molecule has 10 nitrogen and oxygen atoms in total. The second kappa shape index (κ2) is 11.1. The maximum absolute atomic E-state index is 13.9. The number of carbonyl (C=O) groups is 1. The molecule has 0 bridgehead atoms. The minimum absolute atomic E-state index is 0.0253. The molecule has 0 radical (unpaired) electrons. The van der Waals surface area contributed by atoms with E-state index in [2.05, 4.69) is 9.88 Å². The van der Waals surface area contributed by atoms with Gasteiger partial charge < -0.3 is 24.0 Å². The van der Waals surface area contributed by atoms with Gasteiger partial charge in [0, 0.05) is 43.3 Å². The number of rotatable bonds is 8. The number of hydrogen-bond donors (Lipinski definition) is 0. The minimum atomic E-state index is -4.02. The molecule has 4 heterocycles. The van der Waals surface area contributed by atoms with Crippen LogP contribution in [0.15, 0.2) is 65.8 Å². The van der Waals surface area contributed by atoms with E-state index in [-0.39, 0.29) is 30.5 Å². The van der Waals surface area contributed by atoms with Crippen LogP contribution in [0.1, 0.15) is 12.8 Å². The van der Waals surface area contributed by atoms with Crippen LogP contribution in [-0.4, -0.2) is 99.5 Å². The van der Waals surface area contributed by atoms with Crippen LogP contribution in [-0.2, 0) is 29.0 Å². The average Bonchev–Trinajstić information content (AvgIpc) is 3.30. The first-order valence-electron chi connectivity index (χ1n) is 13.7. The number of piperidine rings is 1. The molecule has 1 aromatic heterocycles. The van der Waals surface area contributed by atoms with Crippen molar-refractivity contribution in [1.82, 2.24) is 14.2 Å². The molecule has 0 aliphatic carbocycles.